The predicted molar refractivity (Wildman–Crippen MR) is 85.0 cm³/mol. The molecule has 1 amide bonds. The summed E-state index contributed by atoms with van der Waals surface area (Å²) in [6, 6.07) is 5.46. The Labute approximate surface area is 125 Å². The molecule has 112 valence electrons. The summed E-state index contributed by atoms with van der Waals surface area (Å²) in [7, 11) is 0. The van der Waals surface area contributed by atoms with Crippen LogP contribution < -0.4 is 15.8 Å². The second kappa shape index (κ2) is 7.50. The number of amides is 1. The molecule has 1 aliphatic rings. The third kappa shape index (κ3) is 4.36. The van der Waals surface area contributed by atoms with E-state index in [1.165, 1.54) is 0 Å². The summed E-state index contributed by atoms with van der Waals surface area (Å²) in [5.41, 5.74) is 7.34. The smallest absolute Gasteiger partial charge is 0.246 e. The van der Waals surface area contributed by atoms with Crippen molar-refractivity contribution in [1.29, 1.82) is 0 Å². The van der Waals surface area contributed by atoms with E-state index in [1.54, 1.807) is 30.4 Å². The number of hydrogen-bond donors (Lipinski definition) is 2. The second-order valence-corrected chi connectivity index (χ2v) is 4.81. The summed E-state index contributed by atoms with van der Waals surface area (Å²) in [5.74, 6) is 0.655. The van der Waals surface area contributed by atoms with Gasteiger partial charge in [-0.1, -0.05) is 18.7 Å². The van der Waals surface area contributed by atoms with Crippen molar-refractivity contribution in [2.45, 2.75) is 0 Å². The number of nitrogen functional groups attached to an aromatic ring is 1. The van der Waals surface area contributed by atoms with E-state index in [9.17, 15) is 4.79 Å². The van der Waals surface area contributed by atoms with E-state index in [-0.39, 0.29) is 5.91 Å². The van der Waals surface area contributed by atoms with E-state index in [4.69, 9.17) is 10.5 Å². The fraction of sp³-hybridized carbons (Fsp3) is 0.312. The minimum Gasteiger partial charge on any atom is -0.487 e. The van der Waals surface area contributed by atoms with E-state index >= 15 is 0 Å². The lowest BCUT2D eigenvalue weighted by atomic mass is 10.1. The van der Waals surface area contributed by atoms with Gasteiger partial charge in [0.1, 0.15) is 12.4 Å². The molecular formula is C16H21N3O2. The molecule has 1 fully saturated rings. The Hall–Kier alpha value is -2.27. The molecule has 0 unspecified atom stereocenters. The number of hydrogen-bond acceptors (Lipinski definition) is 4. The van der Waals surface area contributed by atoms with E-state index < -0.39 is 0 Å². The third-order valence-corrected chi connectivity index (χ3v) is 3.24. The highest BCUT2D eigenvalue weighted by Crippen LogP contribution is 2.23. The molecule has 0 aromatic heterocycles. The maximum Gasteiger partial charge on any atom is 0.246 e. The Morgan fingerprint density at radius 1 is 1.43 bits per heavy atom. The van der Waals surface area contributed by atoms with Crippen molar-refractivity contribution in [1.82, 2.24) is 10.2 Å². The molecule has 1 aromatic carbocycles. The number of nitrogens with one attached hydrogen (secondary N) is 1. The third-order valence-electron chi connectivity index (χ3n) is 3.24. The second-order valence-electron chi connectivity index (χ2n) is 4.81. The molecular weight excluding hydrogens is 266 g/mol. The average Bonchev–Trinajstić information content (AvgIpc) is 2.52. The standard InChI is InChI=1S/C16H21N3O2/c1-2-11-21-15-5-3-13(12-14(15)17)4-6-16(20)19-9-7-18-8-10-19/h2-6,12,18H,1,7-11,17H2/b6-4-. The van der Waals surface area contributed by atoms with Crippen LogP contribution in [0.1, 0.15) is 5.56 Å². The van der Waals surface area contributed by atoms with Crippen LogP contribution >= 0.6 is 0 Å². The van der Waals surface area contributed by atoms with Gasteiger partial charge in [0, 0.05) is 32.3 Å². The first-order valence-electron chi connectivity index (χ1n) is 7.01. The number of anilines is 1. The normalized spacial score (nSPS) is 15.1. The first-order valence-corrected chi connectivity index (χ1v) is 7.01. The van der Waals surface area contributed by atoms with Crippen LogP contribution in [0.3, 0.4) is 0 Å². The minimum absolute atomic E-state index is 0.0297. The van der Waals surface area contributed by atoms with Gasteiger partial charge in [-0.25, -0.2) is 0 Å². The molecule has 5 nitrogen and oxygen atoms in total. The molecule has 0 spiro atoms. The molecule has 1 saturated heterocycles. The zero-order chi connectivity index (χ0) is 15.1. The molecule has 0 bridgehead atoms. The Bertz CT molecular complexity index is 534. The average molecular weight is 287 g/mol. The van der Waals surface area contributed by atoms with Gasteiger partial charge in [0.15, 0.2) is 0 Å². The van der Waals surface area contributed by atoms with E-state index in [2.05, 4.69) is 11.9 Å². The van der Waals surface area contributed by atoms with Gasteiger partial charge in [0.25, 0.3) is 0 Å². The molecule has 1 heterocycles. The zero-order valence-electron chi connectivity index (χ0n) is 12.0. The van der Waals surface area contributed by atoms with Crippen molar-refractivity contribution in [3.63, 3.8) is 0 Å². The van der Waals surface area contributed by atoms with Gasteiger partial charge >= 0.3 is 0 Å². The Morgan fingerprint density at radius 3 is 2.86 bits per heavy atom. The predicted octanol–water partition coefficient (Wildman–Crippen LogP) is 1.28. The quantitative estimate of drug-likeness (QED) is 0.486. The van der Waals surface area contributed by atoms with Crippen LogP contribution in [0.5, 0.6) is 5.75 Å². The number of nitrogens with two attached hydrogens (primary N) is 1. The fourth-order valence-electron chi connectivity index (χ4n) is 2.11. The number of carbonyl (C=O) groups is 1. The van der Waals surface area contributed by atoms with Crippen molar-refractivity contribution in [2.75, 3.05) is 38.5 Å². The highest BCUT2D eigenvalue weighted by molar-refractivity contribution is 5.92. The van der Waals surface area contributed by atoms with Crippen molar-refractivity contribution in [3.05, 3.63) is 42.5 Å². The summed E-state index contributed by atoms with van der Waals surface area (Å²) in [6.07, 6.45) is 5.03. The van der Waals surface area contributed by atoms with Gasteiger partial charge in [0.05, 0.1) is 5.69 Å². The molecule has 1 aliphatic heterocycles. The van der Waals surface area contributed by atoms with Crippen LogP contribution in [0.2, 0.25) is 0 Å². The number of nitrogens with zero attached hydrogens (tertiary/aromatic N) is 1. The molecule has 0 radical (unpaired) electrons. The van der Waals surface area contributed by atoms with Gasteiger partial charge < -0.3 is 20.7 Å². The molecule has 0 atom stereocenters. The van der Waals surface area contributed by atoms with Gasteiger partial charge in [0.2, 0.25) is 5.91 Å². The first-order chi connectivity index (χ1) is 10.2. The lowest BCUT2D eigenvalue weighted by Gasteiger charge is -2.26. The number of ether oxygens (including phenoxy) is 1. The minimum atomic E-state index is 0.0297. The number of carbonyl (C=O) groups excluding carboxylic acids is 1. The van der Waals surface area contributed by atoms with Crippen LogP contribution in [0.25, 0.3) is 6.08 Å². The number of rotatable bonds is 5. The maximum absolute atomic E-state index is 12.0. The summed E-state index contributed by atoms with van der Waals surface area (Å²) < 4.78 is 5.41. The monoisotopic (exact) mass is 287 g/mol. The molecule has 0 aliphatic carbocycles. The van der Waals surface area contributed by atoms with Crippen LogP contribution in [0, 0.1) is 0 Å². The molecule has 0 saturated carbocycles. The Balaban J connectivity index is 1.98. The number of piperazine rings is 1. The zero-order valence-corrected chi connectivity index (χ0v) is 12.0. The van der Waals surface area contributed by atoms with Gasteiger partial charge in [-0.15, -0.1) is 0 Å². The summed E-state index contributed by atoms with van der Waals surface area (Å²) in [6.45, 7) is 7.21. The van der Waals surface area contributed by atoms with Crippen LogP contribution in [0.4, 0.5) is 5.69 Å². The van der Waals surface area contributed by atoms with Crippen LogP contribution in [-0.4, -0.2) is 43.6 Å². The Morgan fingerprint density at radius 2 is 2.19 bits per heavy atom. The van der Waals surface area contributed by atoms with Crippen LogP contribution in [-0.2, 0) is 4.79 Å². The van der Waals surface area contributed by atoms with Crippen molar-refractivity contribution in [2.24, 2.45) is 0 Å². The van der Waals surface area contributed by atoms with Gasteiger partial charge in [-0.3, -0.25) is 4.79 Å². The first kappa shape index (κ1) is 15.1. The largest absolute Gasteiger partial charge is 0.487 e. The molecule has 2 rings (SSSR count). The van der Waals surface area contributed by atoms with Crippen molar-refractivity contribution < 1.29 is 9.53 Å². The summed E-state index contributed by atoms with van der Waals surface area (Å²) in [5, 5.41) is 3.22. The molecule has 21 heavy (non-hydrogen) atoms. The molecule has 3 N–H and O–H groups in total. The molecule has 1 aromatic rings. The Kier molecular flexibility index (Phi) is 5.40. The van der Waals surface area contributed by atoms with E-state index in [1.807, 2.05) is 11.0 Å². The van der Waals surface area contributed by atoms with Crippen molar-refractivity contribution >= 4 is 17.7 Å². The lowest BCUT2D eigenvalue weighted by Crippen LogP contribution is -2.45. The summed E-state index contributed by atoms with van der Waals surface area (Å²) >= 11 is 0. The van der Waals surface area contributed by atoms with Crippen molar-refractivity contribution in [3.8, 4) is 5.75 Å². The van der Waals surface area contributed by atoms with E-state index in [0.29, 0.717) is 18.0 Å². The summed E-state index contributed by atoms with van der Waals surface area (Å²) in [4.78, 5) is 13.8. The van der Waals surface area contributed by atoms with Crippen LogP contribution in [0.15, 0.2) is 36.9 Å². The highest BCUT2D eigenvalue weighted by atomic mass is 16.5. The maximum atomic E-state index is 12.0. The SMILES string of the molecule is C=CCOc1ccc(/C=C\C(=O)N2CCNCC2)cc1N. The van der Waals surface area contributed by atoms with E-state index in [0.717, 1.165) is 31.7 Å². The van der Waals surface area contributed by atoms with Gasteiger partial charge in [-0.2, -0.15) is 0 Å². The topological polar surface area (TPSA) is 67.6 Å². The fourth-order valence-corrected chi connectivity index (χ4v) is 2.11. The highest BCUT2D eigenvalue weighted by Gasteiger charge is 2.13. The van der Waals surface area contributed by atoms with Gasteiger partial charge in [-0.05, 0) is 23.8 Å². The molecule has 5 heteroatoms. The lowest BCUT2D eigenvalue weighted by molar-refractivity contribution is -0.126. The number of benzene rings is 1.